The van der Waals surface area contributed by atoms with Crippen LogP contribution in [0.3, 0.4) is 0 Å². The lowest BCUT2D eigenvalue weighted by atomic mass is 10.3. The Morgan fingerprint density at radius 2 is 2.00 bits per heavy atom. The Hall–Kier alpha value is -2.15. The first kappa shape index (κ1) is 17.2. The second-order valence-electron chi connectivity index (χ2n) is 5.78. The van der Waals surface area contributed by atoms with Gasteiger partial charge >= 0.3 is 6.03 Å². The number of amides is 3. The molecule has 126 valence electrons. The Kier molecular flexibility index (Phi) is 6.34. The second kappa shape index (κ2) is 8.47. The normalized spacial score (nSPS) is 16.7. The quantitative estimate of drug-likeness (QED) is 0.840. The van der Waals surface area contributed by atoms with E-state index in [-0.39, 0.29) is 18.5 Å². The lowest BCUT2D eigenvalue weighted by Crippen LogP contribution is -2.51. The van der Waals surface area contributed by atoms with Gasteiger partial charge in [-0.1, -0.05) is 13.0 Å². The van der Waals surface area contributed by atoms with E-state index in [1.54, 1.807) is 6.20 Å². The number of piperazine rings is 1. The van der Waals surface area contributed by atoms with E-state index >= 15 is 0 Å². The van der Waals surface area contributed by atoms with Crippen LogP contribution in [0, 0.1) is 0 Å². The van der Waals surface area contributed by atoms with Gasteiger partial charge in [0.05, 0.1) is 6.54 Å². The maximum Gasteiger partial charge on any atom is 0.321 e. The van der Waals surface area contributed by atoms with Crippen molar-refractivity contribution in [2.24, 2.45) is 0 Å². The van der Waals surface area contributed by atoms with Crippen molar-refractivity contribution in [3.8, 4) is 0 Å². The standard InChI is InChI=1S/C16H25N5O2/c1-3-13(2)18-16(23)19-15(22)12-20-8-10-21(11-9-20)14-6-4-5-7-17-14/h4-7,13H,3,8-12H2,1-2H3,(H2,18,19,22,23)/t13-/m0/s1. The third kappa shape index (κ3) is 5.52. The molecule has 1 fully saturated rings. The monoisotopic (exact) mass is 319 g/mol. The molecule has 0 bridgehead atoms. The molecule has 2 N–H and O–H groups in total. The summed E-state index contributed by atoms with van der Waals surface area (Å²) in [5.74, 6) is 0.696. The summed E-state index contributed by atoms with van der Waals surface area (Å²) in [5.41, 5.74) is 0. The predicted molar refractivity (Wildman–Crippen MR) is 89.3 cm³/mol. The van der Waals surface area contributed by atoms with Gasteiger partial charge in [0, 0.05) is 38.4 Å². The van der Waals surface area contributed by atoms with Crippen LogP contribution >= 0.6 is 0 Å². The van der Waals surface area contributed by atoms with Crippen molar-refractivity contribution in [3.05, 3.63) is 24.4 Å². The summed E-state index contributed by atoms with van der Waals surface area (Å²) in [7, 11) is 0. The van der Waals surface area contributed by atoms with Crippen LogP contribution in [0.15, 0.2) is 24.4 Å². The SMILES string of the molecule is CC[C@H](C)NC(=O)NC(=O)CN1CCN(c2ccccn2)CC1. The Morgan fingerprint density at radius 3 is 2.61 bits per heavy atom. The van der Waals surface area contributed by atoms with E-state index < -0.39 is 6.03 Å². The number of carbonyl (C=O) groups excluding carboxylic acids is 2. The van der Waals surface area contributed by atoms with Crippen LogP contribution in [0.4, 0.5) is 10.6 Å². The fourth-order valence-corrected chi connectivity index (χ4v) is 2.41. The lowest BCUT2D eigenvalue weighted by molar-refractivity contribution is -0.121. The molecule has 3 amide bonds. The molecule has 2 heterocycles. The van der Waals surface area contributed by atoms with Crippen molar-refractivity contribution in [2.45, 2.75) is 26.3 Å². The number of anilines is 1. The minimum Gasteiger partial charge on any atom is -0.354 e. The number of urea groups is 1. The maximum absolute atomic E-state index is 11.9. The Balaban J connectivity index is 1.71. The van der Waals surface area contributed by atoms with E-state index in [1.807, 2.05) is 36.9 Å². The van der Waals surface area contributed by atoms with Crippen molar-refractivity contribution in [3.63, 3.8) is 0 Å². The van der Waals surface area contributed by atoms with E-state index in [0.29, 0.717) is 0 Å². The summed E-state index contributed by atoms with van der Waals surface area (Å²) in [6.07, 6.45) is 2.61. The number of hydrogen-bond acceptors (Lipinski definition) is 5. The number of aromatic nitrogens is 1. The summed E-state index contributed by atoms with van der Waals surface area (Å²) in [6, 6.07) is 5.50. The average Bonchev–Trinajstić information content (AvgIpc) is 2.56. The number of nitrogens with one attached hydrogen (secondary N) is 2. The number of rotatable bonds is 5. The van der Waals surface area contributed by atoms with Gasteiger partial charge in [0.1, 0.15) is 5.82 Å². The fourth-order valence-electron chi connectivity index (χ4n) is 2.41. The van der Waals surface area contributed by atoms with Gasteiger partial charge in [-0.05, 0) is 25.5 Å². The number of imide groups is 1. The van der Waals surface area contributed by atoms with Gasteiger partial charge in [0.2, 0.25) is 5.91 Å². The highest BCUT2D eigenvalue weighted by molar-refractivity contribution is 5.95. The Labute approximate surface area is 137 Å². The van der Waals surface area contributed by atoms with Crippen molar-refractivity contribution in [1.29, 1.82) is 0 Å². The maximum atomic E-state index is 11.9. The molecule has 1 atom stereocenters. The molecule has 0 unspecified atom stereocenters. The van der Waals surface area contributed by atoms with Crippen LogP contribution in [0.2, 0.25) is 0 Å². The van der Waals surface area contributed by atoms with E-state index in [9.17, 15) is 9.59 Å². The average molecular weight is 319 g/mol. The molecule has 1 aliphatic rings. The summed E-state index contributed by atoms with van der Waals surface area (Å²) >= 11 is 0. The Bertz CT molecular complexity index is 514. The van der Waals surface area contributed by atoms with Crippen molar-refractivity contribution >= 4 is 17.8 Å². The number of hydrogen-bond donors (Lipinski definition) is 2. The van der Waals surface area contributed by atoms with Gasteiger partial charge in [-0.2, -0.15) is 0 Å². The fraction of sp³-hybridized carbons (Fsp3) is 0.562. The zero-order valence-electron chi connectivity index (χ0n) is 13.8. The number of nitrogens with zero attached hydrogens (tertiary/aromatic N) is 3. The van der Waals surface area contributed by atoms with E-state index in [4.69, 9.17) is 0 Å². The zero-order chi connectivity index (χ0) is 16.7. The van der Waals surface area contributed by atoms with Gasteiger partial charge in [-0.15, -0.1) is 0 Å². The van der Waals surface area contributed by atoms with Crippen LogP contribution in [-0.2, 0) is 4.79 Å². The molecule has 7 nitrogen and oxygen atoms in total. The molecular weight excluding hydrogens is 294 g/mol. The zero-order valence-corrected chi connectivity index (χ0v) is 13.8. The lowest BCUT2D eigenvalue weighted by Gasteiger charge is -2.34. The van der Waals surface area contributed by atoms with Crippen molar-refractivity contribution in [1.82, 2.24) is 20.5 Å². The van der Waals surface area contributed by atoms with Crippen molar-refractivity contribution < 1.29 is 9.59 Å². The summed E-state index contributed by atoms with van der Waals surface area (Å²) in [6.45, 7) is 7.32. The smallest absolute Gasteiger partial charge is 0.321 e. The van der Waals surface area contributed by atoms with Crippen LogP contribution in [0.1, 0.15) is 20.3 Å². The number of pyridine rings is 1. The Morgan fingerprint density at radius 1 is 1.26 bits per heavy atom. The molecule has 0 spiro atoms. The molecule has 23 heavy (non-hydrogen) atoms. The van der Waals surface area contributed by atoms with Crippen LogP contribution in [0.25, 0.3) is 0 Å². The first-order chi connectivity index (χ1) is 11.1. The van der Waals surface area contributed by atoms with Gasteiger partial charge in [-0.3, -0.25) is 15.0 Å². The topological polar surface area (TPSA) is 77.6 Å². The van der Waals surface area contributed by atoms with Crippen LogP contribution in [-0.4, -0.2) is 60.6 Å². The molecule has 0 aliphatic carbocycles. The highest BCUT2D eigenvalue weighted by atomic mass is 16.2. The third-order valence-electron chi connectivity index (χ3n) is 3.96. The van der Waals surface area contributed by atoms with Gasteiger partial charge in [-0.25, -0.2) is 9.78 Å². The second-order valence-corrected chi connectivity index (χ2v) is 5.78. The molecule has 0 radical (unpaired) electrons. The number of carbonyl (C=O) groups is 2. The first-order valence-electron chi connectivity index (χ1n) is 8.07. The molecular formula is C16H25N5O2. The van der Waals surface area contributed by atoms with E-state index in [0.717, 1.165) is 38.4 Å². The summed E-state index contributed by atoms with van der Waals surface area (Å²) < 4.78 is 0. The highest BCUT2D eigenvalue weighted by Gasteiger charge is 2.20. The minimum atomic E-state index is -0.420. The van der Waals surface area contributed by atoms with Gasteiger partial charge in [0.15, 0.2) is 0 Å². The minimum absolute atomic E-state index is 0.0599. The van der Waals surface area contributed by atoms with Crippen LogP contribution < -0.4 is 15.5 Å². The highest BCUT2D eigenvalue weighted by Crippen LogP contribution is 2.12. The van der Waals surface area contributed by atoms with Crippen LogP contribution in [0.5, 0.6) is 0 Å². The van der Waals surface area contributed by atoms with Crippen molar-refractivity contribution in [2.75, 3.05) is 37.6 Å². The molecule has 1 aliphatic heterocycles. The predicted octanol–water partition coefficient (Wildman–Crippen LogP) is 0.828. The largest absolute Gasteiger partial charge is 0.354 e. The third-order valence-corrected chi connectivity index (χ3v) is 3.96. The summed E-state index contributed by atoms with van der Waals surface area (Å²) in [5, 5.41) is 5.10. The molecule has 0 saturated carbocycles. The van der Waals surface area contributed by atoms with Gasteiger partial charge < -0.3 is 10.2 Å². The first-order valence-corrected chi connectivity index (χ1v) is 8.07. The van der Waals surface area contributed by atoms with E-state index in [2.05, 4.69) is 20.5 Å². The molecule has 2 rings (SSSR count). The summed E-state index contributed by atoms with van der Waals surface area (Å²) in [4.78, 5) is 32.1. The molecule has 0 aromatic carbocycles. The van der Waals surface area contributed by atoms with Gasteiger partial charge in [0.25, 0.3) is 0 Å². The molecule has 1 aromatic rings. The molecule has 1 saturated heterocycles. The van der Waals surface area contributed by atoms with E-state index in [1.165, 1.54) is 0 Å². The molecule has 1 aromatic heterocycles. The molecule has 7 heteroatoms.